The maximum atomic E-state index is 12.7. The summed E-state index contributed by atoms with van der Waals surface area (Å²) in [6.07, 6.45) is 4.42. The molecule has 1 aromatic carbocycles. The normalized spacial score (nSPS) is 30.6. The van der Waals surface area contributed by atoms with Gasteiger partial charge in [0.2, 0.25) is 5.91 Å². The Morgan fingerprint density at radius 2 is 1.74 bits per heavy atom. The van der Waals surface area contributed by atoms with Gasteiger partial charge in [-0.15, -0.1) is 0 Å². The summed E-state index contributed by atoms with van der Waals surface area (Å²) in [5.74, 6) is -0.231. The third kappa shape index (κ3) is 3.92. The van der Waals surface area contributed by atoms with Gasteiger partial charge in [0, 0.05) is 23.1 Å². The molecule has 164 valence electrons. The lowest BCUT2D eigenvalue weighted by molar-refractivity contribution is -0.151. The Morgan fingerprint density at radius 3 is 2.48 bits per heavy atom. The lowest BCUT2D eigenvalue weighted by atomic mass is 9.44. The van der Waals surface area contributed by atoms with E-state index in [1.54, 1.807) is 6.07 Å². The topological polar surface area (TPSA) is 89.5 Å². The van der Waals surface area contributed by atoms with Gasteiger partial charge in [0.05, 0.1) is 17.7 Å². The van der Waals surface area contributed by atoms with E-state index in [1.807, 2.05) is 32.0 Å². The molecular formula is C24H29N3O4. The van der Waals surface area contributed by atoms with Crippen LogP contribution in [0.3, 0.4) is 0 Å². The van der Waals surface area contributed by atoms with Crippen LogP contribution in [0.1, 0.15) is 55.1 Å². The summed E-state index contributed by atoms with van der Waals surface area (Å²) >= 11 is 0. The van der Waals surface area contributed by atoms with E-state index >= 15 is 0 Å². The molecule has 2 amide bonds. The lowest BCUT2D eigenvalue weighted by Crippen LogP contribution is -2.84. The van der Waals surface area contributed by atoms with Crippen molar-refractivity contribution in [3.05, 3.63) is 41.6 Å². The minimum atomic E-state index is -0.214. The van der Waals surface area contributed by atoms with Gasteiger partial charge in [0.25, 0.3) is 5.91 Å². The quantitative estimate of drug-likeness (QED) is 0.681. The molecule has 4 aliphatic rings. The van der Waals surface area contributed by atoms with Gasteiger partial charge >= 0.3 is 0 Å². The van der Waals surface area contributed by atoms with Gasteiger partial charge in [-0.25, -0.2) is 4.98 Å². The summed E-state index contributed by atoms with van der Waals surface area (Å²) in [4.78, 5) is 29.5. The Morgan fingerprint density at radius 1 is 1.03 bits per heavy atom. The number of aryl methyl sites for hydroxylation is 1. The molecule has 0 spiro atoms. The van der Waals surface area contributed by atoms with Gasteiger partial charge in [-0.3, -0.25) is 9.59 Å². The number of rotatable bonds is 8. The summed E-state index contributed by atoms with van der Waals surface area (Å²) < 4.78 is 11.2. The van der Waals surface area contributed by atoms with Crippen molar-refractivity contribution in [3.63, 3.8) is 0 Å². The van der Waals surface area contributed by atoms with Crippen molar-refractivity contribution in [3.8, 4) is 0 Å². The van der Waals surface area contributed by atoms with Crippen LogP contribution in [0.15, 0.2) is 30.3 Å². The second kappa shape index (κ2) is 7.57. The molecule has 0 saturated heterocycles. The summed E-state index contributed by atoms with van der Waals surface area (Å²) in [5, 5.41) is 7.27. The predicted octanol–water partition coefficient (Wildman–Crippen LogP) is 2.65. The Bertz CT molecular complexity index is 1010. The van der Waals surface area contributed by atoms with Crippen LogP contribution in [-0.2, 0) is 14.3 Å². The van der Waals surface area contributed by atoms with Gasteiger partial charge in [0.1, 0.15) is 12.3 Å². The first-order chi connectivity index (χ1) is 14.9. The van der Waals surface area contributed by atoms with Crippen molar-refractivity contribution >= 4 is 22.7 Å². The van der Waals surface area contributed by atoms with Crippen molar-refractivity contribution in [2.75, 3.05) is 13.2 Å². The summed E-state index contributed by atoms with van der Waals surface area (Å²) in [5.41, 5.74) is 2.01. The summed E-state index contributed by atoms with van der Waals surface area (Å²) in [7, 11) is 0. The van der Waals surface area contributed by atoms with Crippen LogP contribution < -0.4 is 10.6 Å². The second-order valence-corrected chi connectivity index (χ2v) is 9.47. The van der Waals surface area contributed by atoms with E-state index in [0.717, 1.165) is 49.6 Å². The molecule has 2 bridgehead atoms. The number of amides is 2. The molecule has 0 aliphatic heterocycles. The molecule has 0 atom stereocenters. The van der Waals surface area contributed by atoms with Crippen LogP contribution in [0.4, 0.5) is 0 Å². The van der Waals surface area contributed by atoms with Crippen LogP contribution >= 0.6 is 0 Å². The van der Waals surface area contributed by atoms with Gasteiger partial charge in [-0.05, 0) is 64.2 Å². The fraction of sp³-hybridized carbons (Fsp3) is 0.542. The zero-order valence-corrected chi connectivity index (χ0v) is 18.1. The van der Waals surface area contributed by atoms with Gasteiger partial charge in [-0.2, -0.15) is 0 Å². The molecule has 2 aromatic rings. The number of benzene rings is 1. The average molecular weight is 424 g/mol. The molecule has 6 rings (SSSR count). The standard InChI is InChI=1S/C24H29N3O4/c1-3-30-17-9-18(10-17)31-11-21(28)26-23-12-24(13-23,14-23)27-22(29)20-7-5-16-8-15(2)4-6-19(16)25-20/h4-8,17-18H,3,9-14H2,1-2H3,(H,26,28)(H,27,29)/t17-,18+,23?,24?. The average Bonchev–Trinajstić information content (AvgIpc) is 2.66. The van der Waals surface area contributed by atoms with Crippen LogP contribution in [0.25, 0.3) is 10.9 Å². The number of fused-ring (bicyclic) bond motifs is 1. The number of hydrogen-bond acceptors (Lipinski definition) is 5. The molecule has 1 aromatic heterocycles. The molecule has 7 nitrogen and oxygen atoms in total. The van der Waals surface area contributed by atoms with Crippen molar-refractivity contribution in [1.29, 1.82) is 0 Å². The smallest absolute Gasteiger partial charge is 0.270 e. The first-order valence-electron chi connectivity index (χ1n) is 11.1. The molecule has 2 N–H and O–H groups in total. The largest absolute Gasteiger partial charge is 0.378 e. The van der Waals surface area contributed by atoms with Crippen molar-refractivity contribution in [2.24, 2.45) is 0 Å². The van der Waals surface area contributed by atoms with E-state index in [2.05, 4.69) is 21.7 Å². The van der Waals surface area contributed by atoms with Crippen molar-refractivity contribution in [1.82, 2.24) is 15.6 Å². The third-order valence-corrected chi connectivity index (χ3v) is 6.80. The summed E-state index contributed by atoms with van der Waals surface area (Å²) in [6, 6.07) is 9.70. The number of pyridine rings is 1. The molecular weight excluding hydrogens is 394 g/mol. The number of hydrogen-bond donors (Lipinski definition) is 2. The third-order valence-electron chi connectivity index (χ3n) is 6.80. The number of carbonyl (C=O) groups is 2. The highest BCUT2D eigenvalue weighted by Gasteiger charge is 2.69. The first-order valence-corrected chi connectivity index (χ1v) is 11.1. The highest BCUT2D eigenvalue weighted by Crippen LogP contribution is 2.60. The maximum absolute atomic E-state index is 12.7. The monoisotopic (exact) mass is 423 g/mol. The van der Waals surface area contributed by atoms with Crippen molar-refractivity contribution < 1.29 is 19.1 Å². The maximum Gasteiger partial charge on any atom is 0.270 e. The van der Waals surface area contributed by atoms with Gasteiger partial charge < -0.3 is 20.1 Å². The van der Waals surface area contributed by atoms with E-state index in [1.165, 1.54) is 5.56 Å². The van der Waals surface area contributed by atoms with Gasteiger partial charge in [-0.1, -0.05) is 17.7 Å². The van der Waals surface area contributed by atoms with Crippen LogP contribution in [0.2, 0.25) is 0 Å². The molecule has 0 unspecified atom stereocenters. The molecule has 4 saturated carbocycles. The molecule has 7 heteroatoms. The Balaban J connectivity index is 1.07. The zero-order chi connectivity index (χ0) is 21.6. The Labute approximate surface area is 181 Å². The van der Waals surface area contributed by atoms with Crippen LogP contribution in [0, 0.1) is 6.92 Å². The second-order valence-electron chi connectivity index (χ2n) is 9.47. The minimum Gasteiger partial charge on any atom is -0.378 e. The zero-order valence-electron chi connectivity index (χ0n) is 18.1. The molecule has 0 radical (unpaired) electrons. The van der Waals surface area contributed by atoms with E-state index in [4.69, 9.17) is 9.47 Å². The first kappa shape index (κ1) is 20.4. The lowest BCUT2D eigenvalue weighted by Gasteiger charge is -2.70. The summed E-state index contributed by atoms with van der Waals surface area (Å²) in [6.45, 7) is 4.83. The number of nitrogens with zero attached hydrogens (tertiary/aromatic N) is 1. The Kier molecular flexibility index (Phi) is 4.98. The van der Waals surface area contributed by atoms with E-state index in [-0.39, 0.29) is 41.7 Å². The number of aromatic nitrogens is 1. The molecule has 31 heavy (non-hydrogen) atoms. The number of nitrogens with one attached hydrogen (secondary N) is 2. The fourth-order valence-corrected chi connectivity index (χ4v) is 5.28. The Hall–Kier alpha value is -2.51. The SMILES string of the molecule is CCO[C@H]1C[C@@H](OCC(=O)NC23CC(NC(=O)c4ccc5cc(C)ccc5n4)(C2)C3)C1. The van der Waals surface area contributed by atoms with E-state index < -0.39 is 0 Å². The van der Waals surface area contributed by atoms with E-state index in [9.17, 15) is 9.59 Å². The van der Waals surface area contributed by atoms with Crippen molar-refractivity contribution in [2.45, 2.75) is 69.2 Å². The van der Waals surface area contributed by atoms with Crippen LogP contribution in [0.5, 0.6) is 0 Å². The van der Waals surface area contributed by atoms with E-state index in [0.29, 0.717) is 5.69 Å². The molecule has 4 fully saturated rings. The minimum absolute atomic E-state index is 0.0778. The molecule has 1 heterocycles. The van der Waals surface area contributed by atoms with Crippen LogP contribution in [-0.4, -0.2) is 53.3 Å². The highest BCUT2D eigenvalue weighted by atomic mass is 16.5. The van der Waals surface area contributed by atoms with Gasteiger partial charge in [0.15, 0.2) is 0 Å². The predicted molar refractivity (Wildman–Crippen MR) is 116 cm³/mol. The highest BCUT2D eigenvalue weighted by molar-refractivity contribution is 5.95. The number of carbonyl (C=O) groups excluding carboxylic acids is 2. The fourth-order valence-electron chi connectivity index (χ4n) is 5.28. The number of ether oxygens (including phenoxy) is 2. The molecule has 4 aliphatic carbocycles.